The van der Waals surface area contributed by atoms with Gasteiger partial charge in [-0.05, 0) is 40.5 Å². The molecule has 104 valence electrons. The molecule has 1 amide bonds. The van der Waals surface area contributed by atoms with Gasteiger partial charge in [-0.1, -0.05) is 46.3 Å². The van der Waals surface area contributed by atoms with Gasteiger partial charge in [-0.15, -0.1) is 0 Å². The predicted molar refractivity (Wildman–Crippen MR) is 87.0 cm³/mol. The van der Waals surface area contributed by atoms with E-state index in [1.165, 1.54) is 0 Å². The predicted octanol–water partition coefficient (Wildman–Crippen LogP) is 3.88. The number of rotatable bonds is 4. The molecule has 2 aromatic rings. The van der Waals surface area contributed by atoms with Gasteiger partial charge in [0.05, 0.1) is 5.54 Å². The number of aromatic nitrogens is 1. The van der Waals surface area contributed by atoms with Crippen LogP contribution in [0.15, 0.2) is 53.1 Å². The van der Waals surface area contributed by atoms with Gasteiger partial charge in [-0.25, -0.2) is 4.98 Å². The van der Waals surface area contributed by atoms with E-state index in [9.17, 15) is 4.79 Å². The van der Waals surface area contributed by atoms with Crippen LogP contribution in [0.1, 0.15) is 23.0 Å². The lowest BCUT2D eigenvalue weighted by Crippen LogP contribution is -2.45. The first-order valence-electron chi connectivity index (χ1n) is 6.11. The van der Waals surface area contributed by atoms with Gasteiger partial charge in [-0.2, -0.15) is 0 Å². The average molecular weight is 398 g/mol. The fraction of sp³-hybridized carbons (Fsp3) is 0.200. The maximum absolute atomic E-state index is 12.4. The van der Waals surface area contributed by atoms with Crippen molar-refractivity contribution in [1.82, 2.24) is 10.3 Å². The number of halogens is 2. The third kappa shape index (κ3) is 3.27. The molecule has 0 aliphatic rings. The molecule has 0 bridgehead atoms. The summed E-state index contributed by atoms with van der Waals surface area (Å²) in [5, 5.41) is 3.65. The molecular formula is C15H14Br2N2O. The minimum Gasteiger partial charge on any atom is -0.341 e. The zero-order valence-corrected chi connectivity index (χ0v) is 14.1. The number of nitrogens with zero attached hydrogens (tertiary/aromatic N) is 1. The van der Waals surface area contributed by atoms with Crippen LogP contribution in [0.2, 0.25) is 0 Å². The Morgan fingerprint density at radius 2 is 1.95 bits per heavy atom. The molecule has 1 atom stereocenters. The summed E-state index contributed by atoms with van der Waals surface area (Å²) in [5.74, 6) is -0.205. The van der Waals surface area contributed by atoms with Crippen molar-refractivity contribution in [2.45, 2.75) is 12.5 Å². The number of benzene rings is 1. The summed E-state index contributed by atoms with van der Waals surface area (Å²) in [5.41, 5.74) is 0.933. The molecule has 0 aliphatic heterocycles. The molecule has 0 saturated heterocycles. The van der Waals surface area contributed by atoms with E-state index in [2.05, 4.69) is 42.2 Å². The summed E-state index contributed by atoms with van der Waals surface area (Å²) >= 11 is 6.83. The summed E-state index contributed by atoms with van der Waals surface area (Å²) in [7, 11) is 0. The van der Waals surface area contributed by atoms with Crippen molar-refractivity contribution in [3.63, 3.8) is 0 Å². The molecule has 0 spiro atoms. The van der Waals surface area contributed by atoms with Gasteiger partial charge in [0, 0.05) is 16.0 Å². The van der Waals surface area contributed by atoms with Gasteiger partial charge in [0.1, 0.15) is 5.69 Å². The first-order valence-corrected chi connectivity index (χ1v) is 8.03. The highest BCUT2D eigenvalue weighted by molar-refractivity contribution is 9.10. The molecule has 1 aromatic carbocycles. The summed E-state index contributed by atoms with van der Waals surface area (Å²) in [6, 6.07) is 13.4. The van der Waals surface area contributed by atoms with Gasteiger partial charge >= 0.3 is 0 Å². The average Bonchev–Trinajstić information content (AvgIpc) is 2.48. The third-order valence-corrected chi connectivity index (χ3v) is 4.80. The summed E-state index contributed by atoms with van der Waals surface area (Å²) in [6.45, 7) is 1.98. The van der Waals surface area contributed by atoms with Crippen LogP contribution in [-0.4, -0.2) is 16.2 Å². The number of alkyl halides is 1. The van der Waals surface area contributed by atoms with Crippen molar-refractivity contribution in [2.75, 3.05) is 5.33 Å². The van der Waals surface area contributed by atoms with E-state index in [4.69, 9.17) is 0 Å². The smallest absolute Gasteiger partial charge is 0.271 e. The molecule has 0 radical (unpaired) electrons. The Bertz CT molecular complexity index is 604. The molecule has 3 nitrogen and oxygen atoms in total. The van der Waals surface area contributed by atoms with Gasteiger partial charge in [0.25, 0.3) is 5.91 Å². The second kappa shape index (κ2) is 6.50. The zero-order chi connectivity index (χ0) is 14.6. The molecule has 1 aromatic heterocycles. The van der Waals surface area contributed by atoms with Crippen molar-refractivity contribution in [1.29, 1.82) is 0 Å². The number of carbonyl (C=O) groups excluding carboxylic acids is 1. The van der Waals surface area contributed by atoms with Crippen molar-refractivity contribution >= 4 is 37.8 Å². The number of nitrogens with one attached hydrogen (secondary N) is 1. The monoisotopic (exact) mass is 396 g/mol. The SMILES string of the molecule is CC(CBr)(NC(=O)c1ncccc1Br)c1ccccc1. The number of hydrogen-bond acceptors (Lipinski definition) is 2. The van der Waals surface area contributed by atoms with Crippen LogP contribution in [0.25, 0.3) is 0 Å². The van der Waals surface area contributed by atoms with E-state index in [0.717, 1.165) is 5.56 Å². The van der Waals surface area contributed by atoms with Crippen LogP contribution in [-0.2, 0) is 5.54 Å². The number of amides is 1. The van der Waals surface area contributed by atoms with E-state index < -0.39 is 5.54 Å². The highest BCUT2D eigenvalue weighted by Crippen LogP contribution is 2.24. The molecule has 0 aliphatic carbocycles. The van der Waals surface area contributed by atoms with Crippen LogP contribution in [0.5, 0.6) is 0 Å². The molecule has 20 heavy (non-hydrogen) atoms. The van der Waals surface area contributed by atoms with Crippen molar-refractivity contribution < 1.29 is 4.79 Å². The number of pyridine rings is 1. The Kier molecular flexibility index (Phi) is 4.94. The Morgan fingerprint density at radius 3 is 2.55 bits per heavy atom. The maximum atomic E-state index is 12.4. The molecule has 1 heterocycles. The minimum absolute atomic E-state index is 0.205. The Morgan fingerprint density at radius 1 is 1.25 bits per heavy atom. The highest BCUT2D eigenvalue weighted by Gasteiger charge is 2.28. The molecule has 2 rings (SSSR count). The lowest BCUT2D eigenvalue weighted by atomic mass is 9.94. The van der Waals surface area contributed by atoms with E-state index in [-0.39, 0.29) is 5.91 Å². The van der Waals surface area contributed by atoms with Crippen molar-refractivity contribution in [3.05, 3.63) is 64.4 Å². The third-order valence-electron chi connectivity index (χ3n) is 3.04. The normalized spacial score (nSPS) is 13.6. The van der Waals surface area contributed by atoms with E-state index in [0.29, 0.717) is 15.5 Å². The summed E-state index contributed by atoms with van der Waals surface area (Å²) in [6.07, 6.45) is 1.60. The zero-order valence-electron chi connectivity index (χ0n) is 10.9. The maximum Gasteiger partial charge on any atom is 0.271 e. The lowest BCUT2D eigenvalue weighted by Gasteiger charge is -2.29. The molecule has 1 unspecified atom stereocenters. The Balaban J connectivity index is 2.27. The molecule has 0 saturated carbocycles. The van der Waals surface area contributed by atoms with Gasteiger partial charge in [-0.3, -0.25) is 4.79 Å². The Hall–Kier alpha value is -1.20. The summed E-state index contributed by atoms with van der Waals surface area (Å²) in [4.78, 5) is 16.5. The Labute approximate surface area is 135 Å². The fourth-order valence-electron chi connectivity index (χ4n) is 1.85. The number of carbonyl (C=O) groups is 1. The van der Waals surface area contributed by atoms with Gasteiger partial charge in [0.15, 0.2) is 0 Å². The fourth-order valence-corrected chi connectivity index (χ4v) is 2.75. The topological polar surface area (TPSA) is 42.0 Å². The van der Waals surface area contributed by atoms with Crippen LogP contribution in [0.4, 0.5) is 0 Å². The van der Waals surface area contributed by atoms with E-state index in [1.807, 2.05) is 37.3 Å². The summed E-state index contributed by atoms with van der Waals surface area (Å²) < 4.78 is 0.683. The standard InChI is InChI=1S/C15H14Br2N2O/c1-15(10-16,11-6-3-2-4-7-11)19-14(20)13-12(17)8-5-9-18-13/h2-9H,10H2,1H3,(H,19,20). The minimum atomic E-state index is -0.491. The first-order chi connectivity index (χ1) is 9.57. The van der Waals surface area contributed by atoms with Crippen LogP contribution in [0, 0.1) is 0 Å². The highest BCUT2D eigenvalue weighted by atomic mass is 79.9. The molecular weight excluding hydrogens is 384 g/mol. The first kappa shape index (κ1) is 15.2. The van der Waals surface area contributed by atoms with Crippen LogP contribution in [0.3, 0.4) is 0 Å². The van der Waals surface area contributed by atoms with Gasteiger partial charge < -0.3 is 5.32 Å². The van der Waals surface area contributed by atoms with Crippen LogP contribution < -0.4 is 5.32 Å². The van der Waals surface area contributed by atoms with E-state index >= 15 is 0 Å². The second-order valence-corrected chi connectivity index (χ2v) is 6.03. The largest absolute Gasteiger partial charge is 0.341 e. The lowest BCUT2D eigenvalue weighted by molar-refractivity contribution is 0.0908. The van der Waals surface area contributed by atoms with Gasteiger partial charge in [0.2, 0.25) is 0 Å². The quantitative estimate of drug-likeness (QED) is 0.795. The van der Waals surface area contributed by atoms with Crippen molar-refractivity contribution in [3.8, 4) is 0 Å². The molecule has 5 heteroatoms. The van der Waals surface area contributed by atoms with E-state index in [1.54, 1.807) is 18.3 Å². The second-order valence-electron chi connectivity index (χ2n) is 4.62. The number of hydrogen-bond donors (Lipinski definition) is 1. The molecule has 0 fully saturated rings. The molecule has 1 N–H and O–H groups in total. The van der Waals surface area contributed by atoms with Crippen LogP contribution >= 0.6 is 31.9 Å². The van der Waals surface area contributed by atoms with Crippen molar-refractivity contribution in [2.24, 2.45) is 0 Å².